The summed E-state index contributed by atoms with van der Waals surface area (Å²) < 4.78 is 98.7. The first kappa shape index (κ1) is 20.7. The van der Waals surface area contributed by atoms with Crippen LogP contribution >= 0.6 is 0 Å². The van der Waals surface area contributed by atoms with Gasteiger partial charge in [0, 0.05) is 20.5 Å². The van der Waals surface area contributed by atoms with Crippen LogP contribution in [-0.4, -0.2) is 35.8 Å². The molecule has 0 spiro atoms. The molecule has 0 fully saturated rings. The van der Waals surface area contributed by atoms with Gasteiger partial charge in [0.05, 0.1) is 0 Å². The molecule has 0 aliphatic carbocycles. The van der Waals surface area contributed by atoms with Crippen molar-refractivity contribution < 1.29 is 45.0 Å². The van der Waals surface area contributed by atoms with E-state index in [9.17, 15) is 35.1 Å². The standard InChI is InChI=1S/C6H6F8O.C3H8O/c1-3(7,8)5(11,12)15-6(13,14)4(2,9)10;1-2-3-4/h1-2H3;4H,2-3H2,1H3. The molecule has 0 aromatic heterocycles. The predicted molar refractivity (Wildman–Crippen MR) is 49.6 cm³/mol. The number of hydrogen-bond donors (Lipinski definition) is 1. The molecule has 0 aromatic carbocycles. The third-order valence-electron chi connectivity index (χ3n) is 1.50. The van der Waals surface area contributed by atoms with Crippen molar-refractivity contribution >= 4 is 0 Å². The normalized spacial score (nSPS) is 13.9. The van der Waals surface area contributed by atoms with Crippen LogP contribution in [0.25, 0.3) is 0 Å². The van der Waals surface area contributed by atoms with Gasteiger partial charge in [-0.2, -0.15) is 35.1 Å². The number of rotatable bonds is 5. The van der Waals surface area contributed by atoms with Crippen molar-refractivity contribution in [2.75, 3.05) is 6.61 Å². The molecule has 0 saturated carbocycles. The average Bonchev–Trinajstić information content (AvgIpc) is 2.13. The van der Waals surface area contributed by atoms with Gasteiger partial charge >= 0.3 is 24.1 Å². The van der Waals surface area contributed by atoms with E-state index in [1.54, 1.807) is 0 Å². The van der Waals surface area contributed by atoms with Crippen molar-refractivity contribution in [2.45, 2.75) is 51.3 Å². The highest BCUT2D eigenvalue weighted by molar-refractivity contribution is 4.78. The minimum atomic E-state index is -5.68. The lowest BCUT2D eigenvalue weighted by atomic mass is 10.3. The van der Waals surface area contributed by atoms with Gasteiger partial charge in [0.2, 0.25) is 0 Å². The molecule has 0 aromatic rings. The molecule has 0 amide bonds. The molecule has 0 aliphatic rings. The zero-order chi connectivity index (χ0) is 16.1. The van der Waals surface area contributed by atoms with Crippen LogP contribution in [0.3, 0.4) is 0 Å². The second-order valence-electron chi connectivity index (χ2n) is 3.64. The Morgan fingerprint density at radius 3 is 1.11 bits per heavy atom. The van der Waals surface area contributed by atoms with Gasteiger partial charge in [0.15, 0.2) is 0 Å². The fourth-order valence-corrected chi connectivity index (χ4v) is 0.340. The predicted octanol–water partition coefficient (Wildman–Crippen LogP) is 3.89. The number of alkyl halides is 8. The fraction of sp³-hybridized carbons (Fsp3) is 1.00. The Hall–Kier alpha value is -0.640. The van der Waals surface area contributed by atoms with E-state index in [4.69, 9.17) is 5.11 Å². The van der Waals surface area contributed by atoms with Crippen molar-refractivity contribution in [3.63, 3.8) is 0 Å². The van der Waals surface area contributed by atoms with E-state index >= 15 is 0 Å². The summed E-state index contributed by atoms with van der Waals surface area (Å²) in [6.45, 7) is 1.38. The summed E-state index contributed by atoms with van der Waals surface area (Å²) >= 11 is 0. The lowest BCUT2D eigenvalue weighted by Crippen LogP contribution is -2.51. The third-order valence-corrected chi connectivity index (χ3v) is 1.50. The molecule has 0 atom stereocenters. The maximum atomic E-state index is 12.2. The topological polar surface area (TPSA) is 29.5 Å². The smallest absolute Gasteiger partial charge is 0.396 e. The Morgan fingerprint density at radius 1 is 0.789 bits per heavy atom. The molecule has 0 saturated heterocycles. The largest absolute Gasteiger partial charge is 0.423 e. The third kappa shape index (κ3) is 6.90. The van der Waals surface area contributed by atoms with Gasteiger partial charge in [-0.3, -0.25) is 0 Å². The van der Waals surface area contributed by atoms with E-state index in [1.807, 2.05) is 6.92 Å². The Morgan fingerprint density at radius 2 is 1.00 bits per heavy atom. The van der Waals surface area contributed by atoms with Crippen LogP contribution in [-0.2, 0) is 4.74 Å². The Balaban J connectivity index is 0. The summed E-state index contributed by atoms with van der Waals surface area (Å²) in [6, 6.07) is 0. The van der Waals surface area contributed by atoms with Crippen LogP contribution in [0, 0.1) is 0 Å². The molecule has 1 N–H and O–H groups in total. The molecule has 0 bridgehead atoms. The van der Waals surface area contributed by atoms with E-state index in [1.165, 1.54) is 0 Å². The summed E-state index contributed by atoms with van der Waals surface area (Å²) in [7, 11) is 0. The second kappa shape index (κ2) is 6.69. The van der Waals surface area contributed by atoms with E-state index in [-0.39, 0.29) is 0 Å². The van der Waals surface area contributed by atoms with Crippen molar-refractivity contribution in [3.05, 3.63) is 0 Å². The molecule has 0 rings (SSSR count). The van der Waals surface area contributed by atoms with Crippen molar-refractivity contribution in [1.29, 1.82) is 0 Å². The van der Waals surface area contributed by atoms with Gasteiger partial charge in [0.25, 0.3) is 0 Å². The van der Waals surface area contributed by atoms with Crippen molar-refractivity contribution in [3.8, 4) is 0 Å². The first-order valence-electron chi connectivity index (χ1n) is 4.94. The summed E-state index contributed by atoms with van der Waals surface area (Å²) in [4.78, 5) is 0. The highest BCUT2D eigenvalue weighted by Crippen LogP contribution is 2.44. The summed E-state index contributed by atoms with van der Waals surface area (Å²) in [6.07, 6.45) is -10.5. The highest BCUT2D eigenvalue weighted by Gasteiger charge is 2.65. The van der Waals surface area contributed by atoms with Crippen LogP contribution in [0.5, 0.6) is 0 Å². The molecular weight excluding hydrogens is 292 g/mol. The SMILES string of the molecule is CC(F)(F)C(F)(F)OC(F)(F)C(C)(F)F.CCCO. The Kier molecular flexibility index (Phi) is 7.28. The van der Waals surface area contributed by atoms with Gasteiger partial charge in [-0.25, -0.2) is 4.74 Å². The first-order valence-corrected chi connectivity index (χ1v) is 4.94. The lowest BCUT2D eigenvalue weighted by molar-refractivity contribution is -0.462. The molecule has 0 heterocycles. The van der Waals surface area contributed by atoms with Crippen LogP contribution in [0.2, 0.25) is 0 Å². The quantitative estimate of drug-likeness (QED) is 0.781. The van der Waals surface area contributed by atoms with Crippen molar-refractivity contribution in [1.82, 2.24) is 0 Å². The number of ether oxygens (including phenoxy) is 1. The molecule has 118 valence electrons. The molecular formula is C9H14F8O2. The lowest BCUT2D eigenvalue weighted by Gasteiger charge is -2.29. The van der Waals surface area contributed by atoms with Crippen molar-refractivity contribution in [2.24, 2.45) is 0 Å². The van der Waals surface area contributed by atoms with Gasteiger partial charge < -0.3 is 5.11 Å². The van der Waals surface area contributed by atoms with E-state index in [0.717, 1.165) is 6.42 Å². The van der Waals surface area contributed by atoms with Gasteiger partial charge in [-0.15, -0.1) is 0 Å². The van der Waals surface area contributed by atoms with Crippen LogP contribution in [0.15, 0.2) is 0 Å². The maximum absolute atomic E-state index is 12.2. The second-order valence-corrected chi connectivity index (χ2v) is 3.64. The van der Waals surface area contributed by atoms with Gasteiger partial charge in [-0.05, 0) is 6.42 Å². The zero-order valence-corrected chi connectivity index (χ0v) is 10.3. The zero-order valence-electron chi connectivity index (χ0n) is 10.3. The number of halogens is 8. The fourth-order valence-electron chi connectivity index (χ4n) is 0.340. The minimum absolute atomic E-state index is 0.319. The average molecular weight is 306 g/mol. The minimum Gasteiger partial charge on any atom is -0.396 e. The summed E-state index contributed by atoms with van der Waals surface area (Å²) in [5.41, 5.74) is 0. The molecule has 0 aliphatic heterocycles. The first-order chi connectivity index (χ1) is 8.12. The number of hydrogen-bond acceptors (Lipinski definition) is 2. The molecule has 0 unspecified atom stereocenters. The maximum Gasteiger partial charge on any atom is 0.423 e. The highest BCUT2D eigenvalue weighted by atomic mass is 19.3. The molecule has 19 heavy (non-hydrogen) atoms. The number of aliphatic hydroxyl groups is 1. The van der Waals surface area contributed by atoms with E-state index < -0.39 is 37.9 Å². The summed E-state index contributed by atoms with van der Waals surface area (Å²) in [5.74, 6) is -10.00. The summed E-state index contributed by atoms with van der Waals surface area (Å²) in [5, 5.41) is 7.88. The molecule has 2 nitrogen and oxygen atoms in total. The van der Waals surface area contributed by atoms with Gasteiger partial charge in [0.1, 0.15) is 0 Å². The Labute approximate surface area is 104 Å². The van der Waals surface area contributed by atoms with Crippen LogP contribution < -0.4 is 0 Å². The molecule has 0 radical (unpaired) electrons. The van der Waals surface area contributed by atoms with Gasteiger partial charge in [-0.1, -0.05) is 6.92 Å². The van der Waals surface area contributed by atoms with E-state index in [2.05, 4.69) is 4.74 Å². The monoisotopic (exact) mass is 306 g/mol. The van der Waals surface area contributed by atoms with Crippen LogP contribution in [0.1, 0.15) is 27.2 Å². The van der Waals surface area contributed by atoms with Crippen LogP contribution in [0.4, 0.5) is 35.1 Å². The molecule has 10 heteroatoms. The number of aliphatic hydroxyl groups excluding tert-OH is 1. The Bertz CT molecular complexity index is 230. The van der Waals surface area contributed by atoms with E-state index in [0.29, 0.717) is 6.61 Å².